The van der Waals surface area contributed by atoms with E-state index in [9.17, 15) is 9.59 Å². The average Bonchev–Trinajstić information content (AvgIpc) is 3.13. The Labute approximate surface area is 120 Å². The monoisotopic (exact) mass is 289 g/mol. The van der Waals surface area contributed by atoms with Crippen molar-refractivity contribution in [1.82, 2.24) is 24.5 Å². The van der Waals surface area contributed by atoms with Crippen LogP contribution in [-0.2, 0) is 4.79 Å². The largest absolute Gasteiger partial charge is 0.480 e. The fourth-order valence-corrected chi connectivity index (χ4v) is 2.13. The SMILES string of the molecule is Cc1ccnc2nc(C(=O)N(CC(=O)O)CC3CC3)nn12. The maximum atomic E-state index is 12.4. The first kappa shape index (κ1) is 13.5. The Kier molecular flexibility index (Phi) is 3.28. The van der Waals surface area contributed by atoms with Crippen molar-refractivity contribution in [3.05, 3.63) is 23.8 Å². The van der Waals surface area contributed by atoms with Crippen molar-refractivity contribution in [2.45, 2.75) is 19.8 Å². The number of hydrogen-bond donors (Lipinski definition) is 1. The van der Waals surface area contributed by atoms with Gasteiger partial charge in [-0.25, -0.2) is 9.50 Å². The van der Waals surface area contributed by atoms with Crippen molar-refractivity contribution < 1.29 is 14.7 Å². The van der Waals surface area contributed by atoms with E-state index in [1.54, 1.807) is 12.3 Å². The lowest BCUT2D eigenvalue weighted by Crippen LogP contribution is -2.37. The van der Waals surface area contributed by atoms with Crippen molar-refractivity contribution in [2.75, 3.05) is 13.1 Å². The summed E-state index contributed by atoms with van der Waals surface area (Å²) in [7, 11) is 0. The third kappa shape index (κ3) is 2.83. The third-order valence-corrected chi connectivity index (χ3v) is 3.41. The van der Waals surface area contributed by atoms with E-state index < -0.39 is 11.9 Å². The predicted octanol–water partition coefficient (Wildman–Crippen LogP) is 0.370. The van der Waals surface area contributed by atoms with Crippen molar-refractivity contribution in [3.63, 3.8) is 0 Å². The van der Waals surface area contributed by atoms with Crippen molar-refractivity contribution in [2.24, 2.45) is 5.92 Å². The minimum absolute atomic E-state index is 0.0151. The Balaban J connectivity index is 1.88. The van der Waals surface area contributed by atoms with E-state index in [4.69, 9.17) is 5.11 Å². The first-order chi connectivity index (χ1) is 10.0. The molecule has 0 saturated heterocycles. The van der Waals surface area contributed by atoms with Crippen LogP contribution in [0.3, 0.4) is 0 Å². The van der Waals surface area contributed by atoms with E-state index >= 15 is 0 Å². The Morgan fingerprint density at radius 3 is 2.86 bits per heavy atom. The molecule has 2 aromatic rings. The number of aryl methyl sites for hydroxylation is 1. The summed E-state index contributed by atoms with van der Waals surface area (Å²) >= 11 is 0. The topological polar surface area (TPSA) is 101 Å². The molecule has 0 spiro atoms. The van der Waals surface area contributed by atoms with Gasteiger partial charge in [-0.2, -0.15) is 4.98 Å². The second kappa shape index (κ2) is 5.12. The predicted molar refractivity (Wildman–Crippen MR) is 71.8 cm³/mol. The molecule has 1 amide bonds. The van der Waals surface area contributed by atoms with Gasteiger partial charge < -0.3 is 10.0 Å². The van der Waals surface area contributed by atoms with Crippen LogP contribution in [0.5, 0.6) is 0 Å². The maximum absolute atomic E-state index is 12.4. The van der Waals surface area contributed by atoms with Gasteiger partial charge >= 0.3 is 5.97 Å². The first-order valence-corrected chi connectivity index (χ1v) is 6.74. The Hall–Kier alpha value is -2.51. The number of aromatic nitrogens is 4. The summed E-state index contributed by atoms with van der Waals surface area (Å²) < 4.78 is 1.48. The van der Waals surface area contributed by atoms with Crippen LogP contribution >= 0.6 is 0 Å². The molecule has 8 nitrogen and oxygen atoms in total. The van der Waals surface area contributed by atoms with Crippen LogP contribution in [0.4, 0.5) is 0 Å². The standard InChI is InChI=1S/C13H15N5O3/c1-8-4-5-14-13-15-11(16-18(8)13)12(21)17(7-10(19)20)6-9-2-3-9/h4-5,9H,2-3,6-7H2,1H3,(H,19,20). The van der Waals surface area contributed by atoms with E-state index in [2.05, 4.69) is 15.1 Å². The Morgan fingerprint density at radius 2 is 2.24 bits per heavy atom. The number of hydrogen-bond acceptors (Lipinski definition) is 5. The summed E-state index contributed by atoms with van der Waals surface area (Å²) in [5, 5.41) is 13.1. The highest BCUT2D eigenvalue weighted by molar-refractivity contribution is 5.92. The molecule has 0 radical (unpaired) electrons. The molecule has 0 unspecified atom stereocenters. The molecule has 3 rings (SSSR count). The van der Waals surface area contributed by atoms with Gasteiger partial charge in [0.2, 0.25) is 5.82 Å². The highest BCUT2D eigenvalue weighted by atomic mass is 16.4. The smallest absolute Gasteiger partial charge is 0.323 e. The van der Waals surface area contributed by atoms with Crippen molar-refractivity contribution in [3.8, 4) is 0 Å². The third-order valence-electron chi connectivity index (χ3n) is 3.41. The fraction of sp³-hybridized carbons (Fsp3) is 0.462. The van der Waals surface area contributed by atoms with E-state index in [0.29, 0.717) is 18.2 Å². The summed E-state index contributed by atoms with van der Waals surface area (Å²) in [5.41, 5.74) is 0.804. The van der Waals surface area contributed by atoms with Crippen LogP contribution in [0.15, 0.2) is 12.3 Å². The molecule has 2 aromatic heterocycles. The number of carbonyl (C=O) groups excluding carboxylic acids is 1. The molecule has 0 aromatic carbocycles. The number of fused-ring (bicyclic) bond motifs is 1. The van der Waals surface area contributed by atoms with Gasteiger partial charge in [0, 0.05) is 18.4 Å². The minimum Gasteiger partial charge on any atom is -0.480 e. The van der Waals surface area contributed by atoms with Crippen LogP contribution in [0, 0.1) is 12.8 Å². The normalized spacial score (nSPS) is 14.3. The quantitative estimate of drug-likeness (QED) is 0.853. The summed E-state index contributed by atoms with van der Waals surface area (Å²) in [6.45, 7) is 1.93. The van der Waals surface area contributed by atoms with Gasteiger partial charge in [0.1, 0.15) is 6.54 Å². The molecule has 1 aliphatic rings. The molecule has 1 fully saturated rings. The molecule has 110 valence electrons. The molecule has 2 heterocycles. The van der Waals surface area contributed by atoms with Gasteiger partial charge in [-0.05, 0) is 31.7 Å². The lowest BCUT2D eigenvalue weighted by atomic mass is 10.3. The number of carboxylic acid groups (broad SMARTS) is 1. The van der Waals surface area contributed by atoms with Crippen LogP contribution in [0.1, 0.15) is 29.2 Å². The molecular formula is C13H15N5O3. The number of carboxylic acids is 1. The van der Waals surface area contributed by atoms with Gasteiger partial charge in [0.15, 0.2) is 0 Å². The lowest BCUT2D eigenvalue weighted by Gasteiger charge is -2.18. The van der Waals surface area contributed by atoms with Gasteiger partial charge in [0.25, 0.3) is 11.7 Å². The first-order valence-electron chi connectivity index (χ1n) is 6.74. The second-order valence-corrected chi connectivity index (χ2v) is 5.26. The van der Waals surface area contributed by atoms with E-state index in [1.165, 1.54) is 9.42 Å². The summed E-state index contributed by atoms with van der Waals surface area (Å²) in [6.07, 6.45) is 3.65. The number of carbonyl (C=O) groups is 2. The second-order valence-electron chi connectivity index (χ2n) is 5.26. The Bertz CT molecular complexity index is 707. The van der Waals surface area contributed by atoms with E-state index in [-0.39, 0.29) is 12.4 Å². The number of amides is 1. The maximum Gasteiger partial charge on any atom is 0.323 e. The molecule has 8 heteroatoms. The summed E-state index contributed by atoms with van der Waals surface area (Å²) in [4.78, 5) is 32.8. The van der Waals surface area contributed by atoms with Crippen LogP contribution in [0.25, 0.3) is 5.78 Å². The molecule has 0 atom stereocenters. The van der Waals surface area contributed by atoms with Crippen LogP contribution in [0.2, 0.25) is 0 Å². The summed E-state index contributed by atoms with van der Waals surface area (Å²) in [5.74, 6) is -0.791. The van der Waals surface area contributed by atoms with Crippen LogP contribution in [-0.4, -0.2) is 54.6 Å². The van der Waals surface area contributed by atoms with Crippen molar-refractivity contribution >= 4 is 17.7 Å². The molecule has 21 heavy (non-hydrogen) atoms. The molecule has 1 aliphatic carbocycles. The van der Waals surface area contributed by atoms with Gasteiger partial charge in [-0.15, -0.1) is 5.10 Å². The molecular weight excluding hydrogens is 274 g/mol. The zero-order chi connectivity index (χ0) is 15.0. The highest BCUT2D eigenvalue weighted by Gasteiger charge is 2.30. The van der Waals surface area contributed by atoms with Gasteiger partial charge in [0.05, 0.1) is 0 Å². The molecule has 0 bridgehead atoms. The fourth-order valence-electron chi connectivity index (χ4n) is 2.13. The average molecular weight is 289 g/mol. The number of nitrogens with zero attached hydrogens (tertiary/aromatic N) is 5. The Morgan fingerprint density at radius 1 is 1.48 bits per heavy atom. The zero-order valence-electron chi connectivity index (χ0n) is 11.6. The van der Waals surface area contributed by atoms with Crippen LogP contribution < -0.4 is 0 Å². The number of aliphatic carboxylic acids is 1. The van der Waals surface area contributed by atoms with Gasteiger partial charge in [-0.3, -0.25) is 9.59 Å². The van der Waals surface area contributed by atoms with E-state index in [1.807, 2.05) is 6.92 Å². The lowest BCUT2D eigenvalue weighted by molar-refractivity contribution is -0.137. The molecule has 1 N–H and O–H groups in total. The summed E-state index contributed by atoms with van der Waals surface area (Å²) in [6, 6.07) is 1.76. The zero-order valence-corrected chi connectivity index (χ0v) is 11.6. The van der Waals surface area contributed by atoms with E-state index in [0.717, 1.165) is 18.5 Å². The molecule has 1 saturated carbocycles. The molecule has 0 aliphatic heterocycles. The highest BCUT2D eigenvalue weighted by Crippen LogP contribution is 2.30. The van der Waals surface area contributed by atoms with Crippen molar-refractivity contribution in [1.29, 1.82) is 0 Å². The van der Waals surface area contributed by atoms with Gasteiger partial charge in [-0.1, -0.05) is 0 Å². The minimum atomic E-state index is -1.04. The number of rotatable bonds is 5.